The number of rotatable bonds is 5. The molecule has 126 valence electrons. The number of aromatic nitrogens is 2. The number of carbonyl (C=O) groups is 1. The summed E-state index contributed by atoms with van der Waals surface area (Å²) in [6.45, 7) is 1.17. The van der Waals surface area contributed by atoms with Crippen molar-refractivity contribution in [3.05, 3.63) is 60.2 Å². The lowest BCUT2D eigenvalue weighted by Gasteiger charge is -2.28. The molecule has 3 heterocycles. The van der Waals surface area contributed by atoms with Gasteiger partial charge in [-0.2, -0.15) is 0 Å². The Bertz CT molecular complexity index is 651. The van der Waals surface area contributed by atoms with Crippen molar-refractivity contribution >= 4 is 6.03 Å². The standard InChI is InChI=1S/C18H22N4O2/c1-24-17-6-9-22(16(17)10-14-4-2-7-19-11-14)18(23)21-13-15-5-3-8-20-12-15/h2-5,7-8,11-12,16-17H,6,9-10,13H2,1H3,(H,21,23)/t16-,17-/m1/s1. The van der Waals surface area contributed by atoms with E-state index in [1.54, 1.807) is 25.7 Å². The zero-order chi connectivity index (χ0) is 16.8. The van der Waals surface area contributed by atoms with Gasteiger partial charge < -0.3 is 15.0 Å². The summed E-state index contributed by atoms with van der Waals surface area (Å²) in [5, 5.41) is 2.98. The molecule has 0 spiro atoms. The molecule has 0 aromatic carbocycles. The van der Waals surface area contributed by atoms with Gasteiger partial charge in [0.05, 0.1) is 12.1 Å². The second-order valence-corrected chi connectivity index (χ2v) is 5.91. The number of amides is 2. The van der Waals surface area contributed by atoms with E-state index in [9.17, 15) is 4.79 Å². The molecule has 2 aromatic rings. The van der Waals surface area contributed by atoms with E-state index in [-0.39, 0.29) is 18.2 Å². The van der Waals surface area contributed by atoms with E-state index in [4.69, 9.17) is 4.74 Å². The van der Waals surface area contributed by atoms with E-state index < -0.39 is 0 Å². The summed E-state index contributed by atoms with van der Waals surface area (Å²) in [5.74, 6) is 0. The van der Waals surface area contributed by atoms with Crippen LogP contribution in [0.2, 0.25) is 0 Å². The Labute approximate surface area is 141 Å². The van der Waals surface area contributed by atoms with E-state index in [0.29, 0.717) is 13.1 Å². The molecule has 1 aliphatic rings. The third kappa shape index (κ3) is 3.89. The second kappa shape index (κ2) is 7.88. The predicted octanol–water partition coefficient (Wildman–Crippen LogP) is 2.02. The monoisotopic (exact) mass is 326 g/mol. The minimum atomic E-state index is -0.0627. The van der Waals surface area contributed by atoms with Gasteiger partial charge in [0.25, 0.3) is 0 Å². The molecule has 0 radical (unpaired) electrons. The number of ether oxygens (including phenoxy) is 1. The first-order valence-corrected chi connectivity index (χ1v) is 8.13. The van der Waals surface area contributed by atoms with Gasteiger partial charge >= 0.3 is 6.03 Å². The van der Waals surface area contributed by atoms with Gasteiger partial charge in [-0.15, -0.1) is 0 Å². The average Bonchev–Trinajstić information content (AvgIpc) is 3.04. The van der Waals surface area contributed by atoms with Crippen molar-refractivity contribution in [2.75, 3.05) is 13.7 Å². The number of hydrogen-bond acceptors (Lipinski definition) is 4. The predicted molar refractivity (Wildman–Crippen MR) is 90.3 cm³/mol. The molecule has 2 aromatic heterocycles. The highest BCUT2D eigenvalue weighted by atomic mass is 16.5. The highest BCUT2D eigenvalue weighted by Crippen LogP contribution is 2.24. The molecule has 24 heavy (non-hydrogen) atoms. The van der Waals surface area contributed by atoms with Crippen molar-refractivity contribution < 1.29 is 9.53 Å². The number of likely N-dealkylation sites (tertiary alicyclic amines) is 1. The van der Waals surface area contributed by atoms with E-state index >= 15 is 0 Å². The average molecular weight is 326 g/mol. The summed E-state index contributed by atoms with van der Waals surface area (Å²) >= 11 is 0. The number of nitrogens with one attached hydrogen (secondary N) is 1. The van der Waals surface area contributed by atoms with Gasteiger partial charge in [-0.3, -0.25) is 9.97 Å². The van der Waals surface area contributed by atoms with Crippen LogP contribution in [0, 0.1) is 0 Å². The first kappa shape index (κ1) is 16.4. The van der Waals surface area contributed by atoms with Crippen molar-refractivity contribution in [3.63, 3.8) is 0 Å². The van der Waals surface area contributed by atoms with Crippen LogP contribution in [0.25, 0.3) is 0 Å². The summed E-state index contributed by atoms with van der Waals surface area (Å²) in [5.41, 5.74) is 2.09. The van der Waals surface area contributed by atoms with Gasteiger partial charge in [0.15, 0.2) is 0 Å². The molecule has 1 fully saturated rings. The van der Waals surface area contributed by atoms with E-state index in [1.807, 2.05) is 35.4 Å². The Hall–Kier alpha value is -2.47. The molecule has 1 N–H and O–H groups in total. The number of pyridine rings is 2. The molecule has 0 unspecified atom stereocenters. The van der Waals surface area contributed by atoms with Crippen LogP contribution in [0.4, 0.5) is 4.79 Å². The number of hydrogen-bond donors (Lipinski definition) is 1. The fourth-order valence-electron chi connectivity index (χ4n) is 3.14. The van der Waals surface area contributed by atoms with E-state index in [1.165, 1.54) is 0 Å². The molecular weight excluding hydrogens is 304 g/mol. The lowest BCUT2D eigenvalue weighted by Crippen LogP contribution is -2.46. The molecule has 6 heteroatoms. The first-order valence-electron chi connectivity index (χ1n) is 8.13. The molecule has 1 aliphatic heterocycles. The summed E-state index contributed by atoms with van der Waals surface area (Å²) < 4.78 is 5.59. The van der Waals surface area contributed by atoms with Gasteiger partial charge in [0.2, 0.25) is 0 Å². The number of carbonyl (C=O) groups excluding carboxylic acids is 1. The smallest absolute Gasteiger partial charge is 0.318 e. The topological polar surface area (TPSA) is 67.3 Å². The molecule has 2 amide bonds. The zero-order valence-electron chi connectivity index (χ0n) is 13.8. The van der Waals surface area contributed by atoms with Gasteiger partial charge in [0, 0.05) is 45.0 Å². The van der Waals surface area contributed by atoms with Crippen LogP contribution in [-0.4, -0.2) is 46.7 Å². The maximum absolute atomic E-state index is 12.6. The maximum atomic E-state index is 12.6. The van der Waals surface area contributed by atoms with E-state index in [0.717, 1.165) is 24.0 Å². The fraction of sp³-hybridized carbons (Fsp3) is 0.389. The third-order valence-corrected chi connectivity index (χ3v) is 4.38. The molecular formula is C18H22N4O2. The SMILES string of the molecule is CO[C@@H]1CCN(C(=O)NCc2cccnc2)[C@@H]1Cc1cccnc1. The Morgan fingerprint density at radius 3 is 2.58 bits per heavy atom. The number of methoxy groups -OCH3 is 1. The van der Waals surface area contributed by atoms with Gasteiger partial charge in [-0.1, -0.05) is 12.1 Å². The highest BCUT2D eigenvalue weighted by molar-refractivity contribution is 5.75. The Morgan fingerprint density at radius 1 is 1.25 bits per heavy atom. The van der Waals surface area contributed by atoms with Gasteiger partial charge in [-0.05, 0) is 36.1 Å². The van der Waals surface area contributed by atoms with E-state index in [2.05, 4.69) is 15.3 Å². The van der Waals surface area contributed by atoms with Crippen LogP contribution >= 0.6 is 0 Å². The van der Waals surface area contributed by atoms with Crippen molar-refractivity contribution in [1.82, 2.24) is 20.2 Å². The Kier molecular flexibility index (Phi) is 5.38. The lowest BCUT2D eigenvalue weighted by molar-refractivity contribution is 0.0724. The van der Waals surface area contributed by atoms with Crippen LogP contribution in [-0.2, 0) is 17.7 Å². The third-order valence-electron chi connectivity index (χ3n) is 4.38. The van der Waals surface area contributed by atoms with Crippen molar-refractivity contribution in [3.8, 4) is 0 Å². The van der Waals surface area contributed by atoms with Gasteiger partial charge in [0.1, 0.15) is 0 Å². The molecule has 0 aliphatic carbocycles. The fourth-order valence-corrected chi connectivity index (χ4v) is 3.14. The van der Waals surface area contributed by atoms with Crippen LogP contribution in [0.1, 0.15) is 17.5 Å². The summed E-state index contributed by atoms with van der Waals surface area (Å²) in [7, 11) is 1.71. The van der Waals surface area contributed by atoms with Crippen LogP contribution < -0.4 is 5.32 Å². The second-order valence-electron chi connectivity index (χ2n) is 5.91. The normalized spacial score (nSPS) is 20.1. The zero-order valence-corrected chi connectivity index (χ0v) is 13.8. The molecule has 0 saturated carbocycles. The number of urea groups is 1. The minimum absolute atomic E-state index is 0.0214. The van der Waals surface area contributed by atoms with Gasteiger partial charge in [-0.25, -0.2) is 4.79 Å². The quantitative estimate of drug-likeness (QED) is 0.913. The summed E-state index contributed by atoms with van der Waals surface area (Å²) in [4.78, 5) is 22.7. The van der Waals surface area contributed by atoms with Crippen LogP contribution in [0.5, 0.6) is 0 Å². The Morgan fingerprint density at radius 2 is 1.96 bits per heavy atom. The molecule has 1 saturated heterocycles. The highest BCUT2D eigenvalue weighted by Gasteiger charge is 2.37. The van der Waals surface area contributed by atoms with Crippen molar-refractivity contribution in [2.45, 2.75) is 31.5 Å². The van der Waals surface area contributed by atoms with Crippen molar-refractivity contribution in [2.24, 2.45) is 0 Å². The summed E-state index contributed by atoms with van der Waals surface area (Å²) in [6, 6.07) is 7.72. The van der Waals surface area contributed by atoms with Crippen LogP contribution in [0.15, 0.2) is 49.1 Å². The molecule has 6 nitrogen and oxygen atoms in total. The molecule has 0 bridgehead atoms. The first-order chi connectivity index (χ1) is 11.8. The van der Waals surface area contributed by atoms with Crippen LogP contribution in [0.3, 0.4) is 0 Å². The molecule has 2 atom stereocenters. The number of nitrogens with zero attached hydrogens (tertiary/aromatic N) is 3. The van der Waals surface area contributed by atoms with Crippen molar-refractivity contribution in [1.29, 1.82) is 0 Å². The maximum Gasteiger partial charge on any atom is 0.318 e. The summed E-state index contributed by atoms with van der Waals surface area (Å²) in [6.07, 6.45) is 8.72. The largest absolute Gasteiger partial charge is 0.379 e. The lowest BCUT2D eigenvalue weighted by atomic mass is 10.0. The Balaban J connectivity index is 1.64. The molecule has 3 rings (SSSR count). The minimum Gasteiger partial charge on any atom is -0.379 e.